The normalized spacial score (nSPS) is 13.1. The molecule has 1 saturated heterocycles. The van der Waals surface area contributed by atoms with Crippen molar-refractivity contribution in [3.8, 4) is 11.5 Å². The molecule has 0 bridgehead atoms. The van der Waals surface area contributed by atoms with E-state index in [2.05, 4.69) is 59.8 Å². The first-order chi connectivity index (χ1) is 19.6. The zero-order chi connectivity index (χ0) is 30.2. The van der Waals surface area contributed by atoms with Crippen LogP contribution in [0.1, 0.15) is 55.6 Å². The van der Waals surface area contributed by atoms with Crippen LogP contribution in [0.4, 0.5) is 0 Å². The second kappa shape index (κ2) is 27.0. The number of likely N-dealkylation sites (N-methyl/N-ethyl adjacent to an activating group) is 1. The van der Waals surface area contributed by atoms with Crippen molar-refractivity contribution in [3.63, 3.8) is 0 Å². The summed E-state index contributed by atoms with van der Waals surface area (Å²) < 4.78 is 5.58. The van der Waals surface area contributed by atoms with Gasteiger partial charge in [-0.3, -0.25) is 11.7 Å². The molecule has 8 nitrogen and oxygen atoms in total. The molecular formula is C32H54N3O5Re-. The first-order valence-electron chi connectivity index (χ1n) is 14.2. The number of hydrogen-bond donors (Lipinski definition) is 3. The molecule has 0 aromatic heterocycles. The van der Waals surface area contributed by atoms with Crippen LogP contribution in [0.2, 0.25) is 0 Å². The van der Waals surface area contributed by atoms with Gasteiger partial charge >= 0.3 is 0 Å². The molecule has 2 aromatic rings. The number of carbonyl (C=O) groups excluding carboxylic acids is 1. The second-order valence-corrected chi connectivity index (χ2v) is 9.98. The van der Waals surface area contributed by atoms with Crippen molar-refractivity contribution in [3.05, 3.63) is 59.7 Å². The molecule has 1 heterocycles. The Hall–Kier alpha value is -1.83. The van der Waals surface area contributed by atoms with Crippen LogP contribution < -0.4 is 4.74 Å². The maximum Gasteiger partial charge on any atom is 0.122 e. The minimum Gasteiger partial charge on any atom is -0.545 e. The quantitative estimate of drug-likeness (QED) is 0.151. The Morgan fingerprint density at radius 2 is 1.44 bits per heavy atom. The van der Waals surface area contributed by atoms with E-state index in [4.69, 9.17) is 19.7 Å². The summed E-state index contributed by atoms with van der Waals surface area (Å²) in [5.41, 5.74) is 2.41. The molecule has 2 aromatic carbocycles. The van der Waals surface area contributed by atoms with E-state index in [9.17, 15) is 5.11 Å². The Labute approximate surface area is 263 Å². The minimum atomic E-state index is 0. The van der Waals surface area contributed by atoms with Crippen molar-refractivity contribution >= 4 is 6.79 Å². The molecule has 9 heteroatoms. The fraction of sp³-hybridized carbons (Fsp3) is 0.594. The summed E-state index contributed by atoms with van der Waals surface area (Å²) in [7, 11) is 8.02. The third-order valence-corrected chi connectivity index (χ3v) is 7.11. The van der Waals surface area contributed by atoms with Crippen molar-refractivity contribution in [1.82, 2.24) is 14.7 Å². The van der Waals surface area contributed by atoms with E-state index >= 15 is 0 Å². The zero-order valence-corrected chi connectivity index (χ0v) is 28.6. The van der Waals surface area contributed by atoms with Gasteiger partial charge in [-0.2, -0.15) is 0 Å². The van der Waals surface area contributed by atoms with Crippen molar-refractivity contribution in [2.24, 2.45) is 0 Å². The molecular weight excluding hydrogens is 693 g/mol. The number of piperidine rings is 1. The summed E-state index contributed by atoms with van der Waals surface area (Å²) in [6.45, 7) is 10.8. The van der Waals surface area contributed by atoms with Gasteiger partial charge in [0.15, 0.2) is 0 Å². The van der Waals surface area contributed by atoms with Gasteiger partial charge in [0.05, 0.1) is 7.11 Å². The van der Waals surface area contributed by atoms with Gasteiger partial charge in [0, 0.05) is 59.8 Å². The molecule has 1 aliphatic rings. The summed E-state index contributed by atoms with van der Waals surface area (Å²) in [5, 5.41) is 24.2. The van der Waals surface area contributed by atoms with E-state index in [1.807, 2.05) is 18.2 Å². The number of aliphatic hydroxyl groups is 2. The number of unbranched alkanes of at least 4 members (excludes halogenated alkanes) is 3. The maximum absolute atomic E-state index is 10.2. The van der Waals surface area contributed by atoms with Crippen LogP contribution in [0.5, 0.6) is 11.5 Å². The molecule has 1 fully saturated rings. The molecule has 0 spiro atoms. The van der Waals surface area contributed by atoms with E-state index in [1.54, 1.807) is 13.2 Å². The number of phenolic OH excluding ortho intramolecular Hbond substituents is 1. The summed E-state index contributed by atoms with van der Waals surface area (Å²) in [6, 6.07) is 16.3. The van der Waals surface area contributed by atoms with Gasteiger partial charge in [0.2, 0.25) is 0 Å². The number of nitrogens with zero attached hydrogens (tertiary/aromatic N) is 3. The van der Waals surface area contributed by atoms with E-state index in [1.165, 1.54) is 63.7 Å². The fourth-order valence-electron chi connectivity index (χ4n) is 4.99. The Morgan fingerprint density at radius 3 is 2.05 bits per heavy atom. The van der Waals surface area contributed by atoms with Crippen LogP contribution in [0.25, 0.3) is 0 Å². The van der Waals surface area contributed by atoms with E-state index in [0.717, 1.165) is 51.7 Å². The average molecular weight is 747 g/mol. The van der Waals surface area contributed by atoms with Gasteiger partial charge in [-0.15, -0.1) is 0 Å². The SMILES string of the molecule is CO.CO.COc1ccccc1C1CCN(CCCCCCN(CCN(C)C)Cc2ccccc2O)CC1.[CH-]=O.[Re]. The van der Waals surface area contributed by atoms with Crippen LogP contribution >= 0.6 is 0 Å². The minimum absolute atomic E-state index is 0. The Morgan fingerprint density at radius 1 is 0.854 bits per heavy atom. The van der Waals surface area contributed by atoms with Crippen molar-refractivity contribution < 1.29 is 45.3 Å². The van der Waals surface area contributed by atoms with Crippen LogP contribution in [0.3, 0.4) is 0 Å². The van der Waals surface area contributed by atoms with E-state index in [0.29, 0.717) is 11.7 Å². The number of hydrogen-bond acceptors (Lipinski definition) is 8. The number of aromatic hydroxyl groups is 1. The van der Waals surface area contributed by atoms with Gasteiger partial charge in [-0.1, -0.05) is 49.2 Å². The molecule has 0 unspecified atom stereocenters. The zero-order valence-electron chi connectivity index (χ0n) is 25.8. The van der Waals surface area contributed by atoms with Crippen molar-refractivity contribution in [2.75, 3.05) is 74.7 Å². The number of phenols is 1. The molecule has 235 valence electrons. The fourth-order valence-corrected chi connectivity index (χ4v) is 4.99. The first kappa shape index (κ1) is 41.3. The Bertz CT molecular complexity index is 867. The monoisotopic (exact) mass is 747 g/mol. The molecule has 0 saturated carbocycles. The topological polar surface area (TPSA) is 96.7 Å². The number of benzene rings is 2. The number of rotatable bonds is 14. The van der Waals surface area contributed by atoms with Gasteiger partial charge in [0.1, 0.15) is 11.5 Å². The van der Waals surface area contributed by atoms with Gasteiger partial charge in [-0.05, 0) is 89.6 Å². The molecule has 0 amide bonds. The van der Waals surface area contributed by atoms with Gasteiger partial charge < -0.3 is 34.7 Å². The van der Waals surface area contributed by atoms with Crippen LogP contribution in [0.15, 0.2) is 48.5 Å². The first-order valence-corrected chi connectivity index (χ1v) is 14.2. The summed E-state index contributed by atoms with van der Waals surface area (Å²) in [4.78, 5) is 15.1. The molecule has 3 N–H and O–H groups in total. The molecule has 0 aliphatic carbocycles. The molecule has 1 radical (unpaired) electrons. The average Bonchev–Trinajstić information content (AvgIpc) is 3.01. The van der Waals surface area contributed by atoms with Crippen LogP contribution in [-0.4, -0.2) is 112 Å². The molecule has 0 atom stereocenters. The number of likely N-dealkylation sites (tertiary alicyclic amines) is 1. The van der Waals surface area contributed by atoms with Crippen LogP contribution in [-0.2, 0) is 31.8 Å². The summed E-state index contributed by atoms with van der Waals surface area (Å²) in [6.07, 6.45) is 7.54. The Kier molecular flexibility index (Phi) is 27.2. The second-order valence-electron chi connectivity index (χ2n) is 9.98. The largest absolute Gasteiger partial charge is 0.545 e. The van der Waals surface area contributed by atoms with Crippen LogP contribution in [0, 0.1) is 0 Å². The number of para-hydroxylation sites is 2. The summed E-state index contributed by atoms with van der Waals surface area (Å²) in [5.74, 6) is 2.08. The maximum atomic E-state index is 10.2. The predicted molar refractivity (Wildman–Crippen MR) is 165 cm³/mol. The van der Waals surface area contributed by atoms with Crippen molar-refractivity contribution in [2.45, 2.75) is 51.0 Å². The van der Waals surface area contributed by atoms with Crippen molar-refractivity contribution in [1.29, 1.82) is 0 Å². The van der Waals surface area contributed by atoms with Gasteiger partial charge in [-0.25, -0.2) is 0 Å². The standard InChI is InChI=1S/C29H45N3O2.2CH4O.CHO.Re/c1-30(2)22-23-32(24-26-12-6-8-14-28(26)33)19-11-5-4-10-18-31-20-16-25(17-21-31)27-13-7-9-15-29(27)34-3;3*1-2;/h6-9,12-15,25,33H,4-5,10-11,16-24H2,1-3H3;2*2H,1H3;1H;/q;;;-1;. The number of aliphatic hydroxyl groups excluding tert-OH is 2. The van der Waals surface area contributed by atoms with E-state index in [-0.39, 0.29) is 20.4 Å². The smallest absolute Gasteiger partial charge is 0.122 e. The molecule has 3 rings (SSSR count). The number of ether oxygens (including phenoxy) is 1. The predicted octanol–water partition coefficient (Wildman–Crippen LogP) is 4.14. The summed E-state index contributed by atoms with van der Waals surface area (Å²) >= 11 is 0. The van der Waals surface area contributed by atoms with E-state index < -0.39 is 0 Å². The number of methoxy groups -OCH3 is 1. The third-order valence-electron chi connectivity index (χ3n) is 7.11. The van der Waals surface area contributed by atoms with Gasteiger partial charge in [0.25, 0.3) is 0 Å². The Balaban J connectivity index is 0. The molecule has 1 aliphatic heterocycles. The molecule has 41 heavy (non-hydrogen) atoms. The third kappa shape index (κ3) is 17.0.